The number of carboxylic acid groups (broad SMARTS) is 1. The summed E-state index contributed by atoms with van der Waals surface area (Å²) in [5.41, 5.74) is 3.39. The van der Waals surface area contributed by atoms with Crippen LogP contribution in [0, 0.1) is 6.92 Å². The quantitative estimate of drug-likeness (QED) is 0.493. The zero-order chi connectivity index (χ0) is 24.6. The van der Waals surface area contributed by atoms with Gasteiger partial charge in [0.05, 0.1) is 16.5 Å². The van der Waals surface area contributed by atoms with E-state index in [-0.39, 0.29) is 24.1 Å². The molecule has 0 amide bonds. The number of carbonyl (C=O) groups is 1. The van der Waals surface area contributed by atoms with Crippen LogP contribution in [0.5, 0.6) is 5.75 Å². The monoisotopic (exact) mass is 502 g/mol. The van der Waals surface area contributed by atoms with E-state index in [0.29, 0.717) is 23.7 Å². The highest BCUT2D eigenvalue weighted by Gasteiger charge is 2.28. The Bertz CT molecular complexity index is 1390. The normalized spacial score (nSPS) is 15.0. The molecular weight excluding hydrogens is 476 g/mol. The first-order chi connectivity index (χ1) is 16.1. The van der Waals surface area contributed by atoms with Crippen LogP contribution in [-0.4, -0.2) is 47.6 Å². The molecule has 0 saturated carbocycles. The molecule has 2 aromatic carbocycles. The first-order valence-corrected chi connectivity index (χ1v) is 12.8. The summed E-state index contributed by atoms with van der Waals surface area (Å²) in [6, 6.07) is 10.3. The molecular formula is C25H27ClN2O5S. The highest BCUT2D eigenvalue weighted by Crippen LogP contribution is 2.34. The Morgan fingerprint density at radius 2 is 1.97 bits per heavy atom. The van der Waals surface area contributed by atoms with Gasteiger partial charge in [0.1, 0.15) is 12.3 Å². The van der Waals surface area contributed by atoms with Gasteiger partial charge in [0, 0.05) is 35.3 Å². The number of fused-ring (bicyclic) bond motifs is 1. The summed E-state index contributed by atoms with van der Waals surface area (Å²) in [7, 11) is -3.66. The summed E-state index contributed by atoms with van der Waals surface area (Å²) in [5.74, 6) is -0.272. The van der Waals surface area contributed by atoms with Crippen LogP contribution in [-0.2, 0) is 21.4 Å². The van der Waals surface area contributed by atoms with Gasteiger partial charge in [0.15, 0.2) is 0 Å². The summed E-state index contributed by atoms with van der Waals surface area (Å²) in [5, 5.41) is 10.7. The Hall–Kier alpha value is -2.81. The number of ether oxygens (including phenoxy) is 1. The van der Waals surface area contributed by atoms with E-state index in [1.807, 2.05) is 39.1 Å². The third-order valence-corrected chi connectivity index (χ3v) is 7.91. The van der Waals surface area contributed by atoms with E-state index >= 15 is 0 Å². The van der Waals surface area contributed by atoms with E-state index in [2.05, 4.69) is 0 Å². The fourth-order valence-corrected chi connectivity index (χ4v) is 5.86. The molecule has 0 fully saturated rings. The van der Waals surface area contributed by atoms with Gasteiger partial charge >= 0.3 is 5.97 Å². The first kappa shape index (κ1) is 24.3. The molecule has 0 saturated heterocycles. The Morgan fingerprint density at radius 1 is 1.21 bits per heavy atom. The fourth-order valence-electron chi connectivity index (χ4n) is 4.23. The fraction of sp³-hybridized carbons (Fsp3) is 0.320. The van der Waals surface area contributed by atoms with E-state index in [1.54, 1.807) is 34.9 Å². The predicted molar refractivity (Wildman–Crippen MR) is 133 cm³/mol. The number of sulfonamides is 1. The molecule has 4 rings (SSSR count). The average Bonchev–Trinajstić information content (AvgIpc) is 3.11. The van der Waals surface area contributed by atoms with Crippen molar-refractivity contribution in [2.45, 2.75) is 44.7 Å². The Balaban J connectivity index is 1.61. The van der Waals surface area contributed by atoms with Crippen LogP contribution in [0.15, 0.2) is 53.6 Å². The molecule has 9 heteroatoms. The van der Waals surface area contributed by atoms with Crippen LogP contribution in [0.1, 0.15) is 31.4 Å². The molecule has 0 aliphatic carbocycles. The molecule has 180 valence electrons. The van der Waals surface area contributed by atoms with Crippen LogP contribution in [0.2, 0.25) is 5.02 Å². The van der Waals surface area contributed by atoms with Gasteiger partial charge in [0.25, 0.3) is 0 Å². The van der Waals surface area contributed by atoms with Gasteiger partial charge in [-0.15, -0.1) is 0 Å². The van der Waals surface area contributed by atoms with Crippen molar-refractivity contribution >= 4 is 44.1 Å². The van der Waals surface area contributed by atoms with Crippen molar-refractivity contribution in [3.8, 4) is 5.75 Å². The number of aryl methyl sites for hydroxylation is 1. The number of aliphatic carboxylic acids is 1. The van der Waals surface area contributed by atoms with Gasteiger partial charge in [0.2, 0.25) is 10.0 Å². The van der Waals surface area contributed by atoms with Crippen molar-refractivity contribution in [1.82, 2.24) is 8.87 Å². The van der Waals surface area contributed by atoms with Crippen molar-refractivity contribution in [3.05, 3.63) is 64.8 Å². The number of rotatable bonds is 7. The minimum atomic E-state index is -3.66. The smallest absolute Gasteiger partial charge is 0.323 e. The highest BCUT2D eigenvalue weighted by atomic mass is 35.5. The van der Waals surface area contributed by atoms with Gasteiger partial charge in [-0.1, -0.05) is 23.7 Å². The molecule has 1 aromatic heterocycles. The van der Waals surface area contributed by atoms with Crippen molar-refractivity contribution in [2.75, 3.05) is 13.1 Å². The summed E-state index contributed by atoms with van der Waals surface area (Å²) in [6.45, 7) is 6.08. The highest BCUT2D eigenvalue weighted by molar-refractivity contribution is 7.89. The van der Waals surface area contributed by atoms with Crippen molar-refractivity contribution in [3.63, 3.8) is 0 Å². The van der Waals surface area contributed by atoms with E-state index < -0.39 is 16.0 Å². The lowest BCUT2D eigenvalue weighted by Crippen LogP contribution is -2.34. The number of benzene rings is 2. The van der Waals surface area contributed by atoms with Gasteiger partial charge in [-0.25, -0.2) is 8.42 Å². The summed E-state index contributed by atoms with van der Waals surface area (Å²) in [4.78, 5) is 11.6. The number of carboxylic acids is 1. The standard InChI is InChI=1S/C25H27ClN2O5S/c1-16(2)33-24-7-5-20(12-17(24)3)34(31,32)28-10-8-18(9-11-28)22-14-27(15-25(29)30)23-13-19(26)4-6-21(22)23/h4-8,12-14,16H,9-11,15H2,1-3H3,(H,29,30). The second-order valence-electron chi connectivity index (χ2n) is 8.66. The maximum Gasteiger partial charge on any atom is 0.323 e. The van der Waals surface area contributed by atoms with E-state index in [1.165, 1.54) is 4.31 Å². The maximum absolute atomic E-state index is 13.3. The molecule has 7 nitrogen and oxygen atoms in total. The lowest BCUT2D eigenvalue weighted by molar-refractivity contribution is -0.137. The second kappa shape index (κ2) is 9.44. The van der Waals surface area contributed by atoms with Crippen LogP contribution in [0.4, 0.5) is 0 Å². The average molecular weight is 503 g/mol. The van der Waals surface area contributed by atoms with E-state index in [4.69, 9.17) is 16.3 Å². The number of halogens is 1. The minimum Gasteiger partial charge on any atom is -0.491 e. The van der Waals surface area contributed by atoms with Gasteiger partial charge in [-0.2, -0.15) is 4.31 Å². The van der Waals surface area contributed by atoms with Crippen LogP contribution < -0.4 is 4.74 Å². The van der Waals surface area contributed by atoms with E-state index in [0.717, 1.165) is 27.6 Å². The molecule has 3 aromatic rings. The number of nitrogens with zero attached hydrogens (tertiary/aromatic N) is 2. The molecule has 1 aliphatic heterocycles. The molecule has 0 unspecified atom stereocenters. The minimum absolute atomic E-state index is 0.00396. The molecule has 0 spiro atoms. The lowest BCUT2D eigenvalue weighted by Gasteiger charge is -2.26. The molecule has 34 heavy (non-hydrogen) atoms. The summed E-state index contributed by atoms with van der Waals surface area (Å²) in [6.07, 6.45) is 4.23. The number of aromatic nitrogens is 1. The SMILES string of the molecule is Cc1cc(S(=O)(=O)N2CC=C(c3cn(CC(=O)O)c4cc(Cl)ccc34)CC2)ccc1OC(C)C. The van der Waals surface area contributed by atoms with Gasteiger partial charge in [-0.05, 0) is 68.7 Å². The molecule has 0 radical (unpaired) electrons. The number of hydrogen-bond acceptors (Lipinski definition) is 4. The topological polar surface area (TPSA) is 88.8 Å². The molecule has 0 bridgehead atoms. The van der Waals surface area contributed by atoms with Crippen molar-refractivity contribution in [1.29, 1.82) is 0 Å². The van der Waals surface area contributed by atoms with Crippen molar-refractivity contribution < 1.29 is 23.1 Å². The summed E-state index contributed by atoms with van der Waals surface area (Å²) < 4.78 is 35.4. The molecule has 2 heterocycles. The zero-order valence-corrected chi connectivity index (χ0v) is 20.9. The maximum atomic E-state index is 13.3. The Morgan fingerprint density at radius 3 is 2.59 bits per heavy atom. The molecule has 1 aliphatic rings. The zero-order valence-electron chi connectivity index (χ0n) is 19.3. The largest absolute Gasteiger partial charge is 0.491 e. The molecule has 0 atom stereocenters. The van der Waals surface area contributed by atoms with E-state index in [9.17, 15) is 18.3 Å². The second-order valence-corrected chi connectivity index (χ2v) is 11.0. The predicted octanol–water partition coefficient (Wildman–Crippen LogP) is 4.95. The lowest BCUT2D eigenvalue weighted by atomic mass is 10.00. The third kappa shape index (κ3) is 4.85. The Labute approximate surface area is 204 Å². The van der Waals surface area contributed by atoms with Gasteiger partial charge in [-0.3, -0.25) is 4.79 Å². The molecule has 1 N–H and O–H groups in total. The third-order valence-electron chi connectivity index (χ3n) is 5.81. The van der Waals surface area contributed by atoms with Gasteiger partial charge < -0.3 is 14.4 Å². The number of hydrogen-bond donors (Lipinski definition) is 1. The van der Waals surface area contributed by atoms with Crippen molar-refractivity contribution in [2.24, 2.45) is 0 Å². The first-order valence-electron chi connectivity index (χ1n) is 11.0. The van der Waals surface area contributed by atoms with Crippen LogP contribution >= 0.6 is 11.6 Å². The Kier molecular flexibility index (Phi) is 6.75. The summed E-state index contributed by atoms with van der Waals surface area (Å²) >= 11 is 6.14. The van der Waals surface area contributed by atoms with Crippen LogP contribution in [0.3, 0.4) is 0 Å². The van der Waals surface area contributed by atoms with Crippen LogP contribution in [0.25, 0.3) is 16.5 Å².